The minimum atomic E-state index is 0.822. The van der Waals surface area contributed by atoms with Crippen molar-refractivity contribution in [2.45, 2.75) is 40.5 Å². The van der Waals surface area contributed by atoms with Gasteiger partial charge in [-0.2, -0.15) is 0 Å². The summed E-state index contributed by atoms with van der Waals surface area (Å²) in [6, 6.07) is 0. The van der Waals surface area contributed by atoms with Crippen molar-refractivity contribution in [1.29, 1.82) is 0 Å². The normalized spacial score (nSPS) is 20.5. The van der Waals surface area contributed by atoms with E-state index in [9.17, 15) is 0 Å². The van der Waals surface area contributed by atoms with Gasteiger partial charge in [0.25, 0.3) is 0 Å². The minimum absolute atomic E-state index is 0.822. The van der Waals surface area contributed by atoms with Crippen LogP contribution in [0.1, 0.15) is 40.5 Å². The molecule has 0 radical (unpaired) electrons. The van der Waals surface area contributed by atoms with Crippen molar-refractivity contribution < 1.29 is 4.74 Å². The van der Waals surface area contributed by atoms with Crippen LogP contribution in [-0.2, 0) is 4.74 Å². The summed E-state index contributed by atoms with van der Waals surface area (Å²) < 4.78 is 5.41. The minimum Gasteiger partial charge on any atom is -0.381 e. The second-order valence-electron chi connectivity index (χ2n) is 5.02. The maximum absolute atomic E-state index is 5.41. The van der Waals surface area contributed by atoms with E-state index in [1.807, 2.05) is 0 Å². The van der Waals surface area contributed by atoms with Gasteiger partial charge in [0.05, 0.1) is 0 Å². The first kappa shape index (κ1) is 11.0. The quantitative estimate of drug-likeness (QED) is 0.653. The lowest BCUT2D eigenvalue weighted by atomic mass is 9.73. The molecular formula is C12H24O. The van der Waals surface area contributed by atoms with Crippen LogP contribution in [0.15, 0.2) is 0 Å². The summed E-state index contributed by atoms with van der Waals surface area (Å²) >= 11 is 0. The molecule has 1 aliphatic heterocycles. The van der Waals surface area contributed by atoms with E-state index in [1.54, 1.807) is 0 Å². The van der Waals surface area contributed by atoms with Gasteiger partial charge in [-0.05, 0) is 36.5 Å². The number of ether oxygens (including phenoxy) is 1. The fraction of sp³-hybridized carbons (Fsp3) is 1.00. The summed E-state index contributed by atoms with van der Waals surface area (Å²) in [7, 11) is 0. The smallest absolute Gasteiger partial charge is 0.0468 e. The predicted octanol–water partition coefficient (Wildman–Crippen LogP) is 3.34. The fourth-order valence-electron chi connectivity index (χ4n) is 2.96. The van der Waals surface area contributed by atoms with Gasteiger partial charge in [-0.25, -0.2) is 0 Å². The molecular weight excluding hydrogens is 160 g/mol. The van der Waals surface area contributed by atoms with Gasteiger partial charge in [-0.15, -0.1) is 0 Å². The molecule has 78 valence electrons. The molecule has 1 aliphatic rings. The van der Waals surface area contributed by atoms with Gasteiger partial charge in [0.1, 0.15) is 0 Å². The Bertz CT molecular complexity index is 126. The topological polar surface area (TPSA) is 9.23 Å². The zero-order chi connectivity index (χ0) is 9.84. The van der Waals surface area contributed by atoms with Crippen LogP contribution in [0.2, 0.25) is 0 Å². The van der Waals surface area contributed by atoms with Gasteiger partial charge >= 0.3 is 0 Å². The predicted molar refractivity (Wildman–Crippen MR) is 56.7 cm³/mol. The molecule has 0 aromatic rings. The third-order valence-electron chi connectivity index (χ3n) is 3.35. The highest BCUT2D eigenvalue weighted by Gasteiger charge is 2.28. The van der Waals surface area contributed by atoms with Gasteiger partial charge in [-0.3, -0.25) is 0 Å². The Balaban J connectivity index is 2.52. The maximum atomic E-state index is 5.41. The van der Waals surface area contributed by atoms with E-state index in [4.69, 9.17) is 4.74 Å². The Morgan fingerprint density at radius 1 is 0.923 bits per heavy atom. The van der Waals surface area contributed by atoms with E-state index in [0.717, 1.165) is 36.9 Å². The van der Waals surface area contributed by atoms with Crippen LogP contribution in [0.4, 0.5) is 0 Å². The first-order valence-corrected chi connectivity index (χ1v) is 5.70. The molecule has 1 heterocycles. The van der Waals surface area contributed by atoms with E-state index in [1.165, 1.54) is 12.8 Å². The lowest BCUT2D eigenvalue weighted by Crippen LogP contribution is -2.30. The first-order chi connectivity index (χ1) is 6.13. The Kier molecular flexibility index (Phi) is 4.24. The number of rotatable bonds is 3. The van der Waals surface area contributed by atoms with E-state index in [2.05, 4.69) is 27.7 Å². The molecule has 0 unspecified atom stereocenters. The molecule has 0 aromatic carbocycles. The highest BCUT2D eigenvalue weighted by atomic mass is 16.5. The zero-order valence-electron chi connectivity index (χ0n) is 9.55. The van der Waals surface area contributed by atoms with Gasteiger partial charge in [0.2, 0.25) is 0 Å². The average Bonchev–Trinajstić information content (AvgIpc) is 2.04. The lowest BCUT2D eigenvalue weighted by Gasteiger charge is -2.35. The molecule has 0 amide bonds. The van der Waals surface area contributed by atoms with Crippen LogP contribution in [0.3, 0.4) is 0 Å². The third-order valence-corrected chi connectivity index (χ3v) is 3.35. The van der Waals surface area contributed by atoms with E-state index < -0.39 is 0 Å². The average molecular weight is 184 g/mol. The molecule has 0 bridgehead atoms. The number of hydrogen-bond donors (Lipinski definition) is 0. The first-order valence-electron chi connectivity index (χ1n) is 5.70. The van der Waals surface area contributed by atoms with Crippen molar-refractivity contribution in [2.24, 2.45) is 23.7 Å². The molecule has 0 aromatic heterocycles. The SMILES string of the molecule is CC(C)C(C(C)C)C1CCOCC1. The molecule has 1 rings (SSSR count). The lowest BCUT2D eigenvalue weighted by molar-refractivity contribution is 0.0254. The molecule has 1 fully saturated rings. The van der Waals surface area contributed by atoms with Crippen molar-refractivity contribution in [1.82, 2.24) is 0 Å². The summed E-state index contributed by atoms with van der Waals surface area (Å²) in [5.41, 5.74) is 0. The maximum Gasteiger partial charge on any atom is 0.0468 e. The molecule has 13 heavy (non-hydrogen) atoms. The van der Waals surface area contributed by atoms with Gasteiger partial charge in [0, 0.05) is 13.2 Å². The summed E-state index contributed by atoms with van der Waals surface area (Å²) in [4.78, 5) is 0. The van der Waals surface area contributed by atoms with Crippen molar-refractivity contribution >= 4 is 0 Å². The molecule has 1 nitrogen and oxygen atoms in total. The second-order valence-corrected chi connectivity index (χ2v) is 5.02. The van der Waals surface area contributed by atoms with Crippen molar-refractivity contribution in [2.75, 3.05) is 13.2 Å². The largest absolute Gasteiger partial charge is 0.381 e. The Hall–Kier alpha value is -0.0400. The van der Waals surface area contributed by atoms with E-state index >= 15 is 0 Å². The Morgan fingerprint density at radius 3 is 1.77 bits per heavy atom. The summed E-state index contributed by atoms with van der Waals surface area (Å²) in [5, 5.41) is 0. The number of hydrogen-bond acceptors (Lipinski definition) is 1. The van der Waals surface area contributed by atoms with Crippen LogP contribution in [0.25, 0.3) is 0 Å². The van der Waals surface area contributed by atoms with Crippen molar-refractivity contribution in [3.63, 3.8) is 0 Å². The highest BCUT2D eigenvalue weighted by molar-refractivity contribution is 4.77. The Morgan fingerprint density at radius 2 is 1.38 bits per heavy atom. The monoisotopic (exact) mass is 184 g/mol. The van der Waals surface area contributed by atoms with Crippen LogP contribution in [0, 0.1) is 23.7 Å². The molecule has 0 saturated carbocycles. The Labute approximate surface area is 82.9 Å². The molecule has 1 heteroatoms. The summed E-state index contributed by atoms with van der Waals surface area (Å²) in [6.45, 7) is 11.4. The van der Waals surface area contributed by atoms with Gasteiger partial charge in [0.15, 0.2) is 0 Å². The zero-order valence-corrected chi connectivity index (χ0v) is 9.55. The van der Waals surface area contributed by atoms with E-state index in [-0.39, 0.29) is 0 Å². The van der Waals surface area contributed by atoms with Crippen LogP contribution in [0.5, 0.6) is 0 Å². The van der Waals surface area contributed by atoms with Crippen molar-refractivity contribution in [3.05, 3.63) is 0 Å². The van der Waals surface area contributed by atoms with E-state index in [0.29, 0.717) is 0 Å². The standard InChI is InChI=1S/C12H24O/c1-9(2)12(10(3)4)11-5-7-13-8-6-11/h9-12H,5-8H2,1-4H3. The van der Waals surface area contributed by atoms with Gasteiger partial charge < -0.3 is 4.74 Å². The highest BCUT2D eigenvalue weighted by Crippen LogP contribution is 2.34. The molecule has 0 atom stereocenters. The third kappa shape index (κ3) is 2.98. The molecule has 0 aliphatic carbocycles. The molecule has 0 N–H and O–H groups in total. The second kappa shape index (κ2) is 4.99. The summed E-state index contributed by atoms with van der Waals surface area (Å²) in [6.07, 6.45) is 2.56. The fourth-order valence-corrected chi connectivity index (χ4v) is 2.96. The van der Waals surface area contributed by atoms with Gasteiger partial charge in [-0.1, -0.05) is 27.7 Å². The molecule has 1 saturated heterocycles. The van der Waals surface area contributed by atoms with Crippen LogP contribution < -0.4 is 0 Å². The molecule has 0 spiro atoms. The summed E-state index contributed by atoms with van der Waals surface area (Å²) in [5.74, 6) is 3.45. The van der Waals surface area contributed by atoms with Crippen LogP contribution >= 0.6 is 0 Å². The van der Waals surface area contributed by atoms with Crippen LogP contribution in [-0.4, -0.2) is 13.2 Å². The van der Waals surface area contributed by atoms with Crippen molar-refractivity contribution in [3.8, 4) is 0 Å².